The van der Waals surface area contributed by atoms with Crippen LogP contribution in [-0.4, -0.2) is 30.5 Å². The lowest BCUT2D eigenvalue weighted by molar-refractivity contribution is -0.136. The van der Waals surface area contributed by atoms with Gasteiger partial charge in [0.2, 0.25) is 0 Å². The highest BCUT2D eigenvalue weighted by Crippen LogP contribution is 2.17. The summed E-state index contributed by atoms with van der Waals surface area (Å²) in [5.74, 6) is -2.84. The fourth-order valence-electron chi connectivity index (χ4n) is 2.55. The molecule has 0 unspecified atom stereocenters. The molecule has 0 saturated carbocycles. The second-order valence-electron chi connectivity index (χ2n) is 6.51. The van der Waals surface area contributed by atoms with Gasteiger partial charge in [0, 0.05) is 15.7 Å². The van der Waals surface area contributed by atoms with Gasteiger partial charge in [-0.3, -0.25) is 14.4 Å². The number of carbonyl (C=O) groups excluding carboxylic acids is 3. The molecule has 8 nitrogen and oxygen atoms in total. The van der Waals surface area contributed by atoms with E-state index in [2.05, 4.69) is 37.1 Å². The average Bonchev–Trinajstić information content (AvgIpc) is 2.81. The predicted octanol–water partition coefficient (Wildman–Crippen LogP) is 3.69. The summed E-state index contributed by atoms with van der Waals surface area (Å²) in [6.45, 7) is -0.252. The number of nitrogens with zero attached hydrogens (tertiary/aromatic N) is 1. The molecule has 3 N–H and O–H groups in total. The molecule has 0 saturated heterocycles. The smallest absolute Gasteiger partial charge is 0.329 e. The van der Waals surface area contributed by atoms with Gasteiger partial charge in [-0.15, -0.1) is 0 Å². The van der Waals surface area contributed by atoms with Crippen LogP contribution in [0.15, 0.2) is 82.4 Å². The van der Waals surface area contributed by atoms with Crippen molar-refractivity contribution < 1.29 is 23.5 Å². The van der Waals surface area contributed by atoms with Gasteiger partial charge in [-0.2, -0.15) is 5.10 Å². The minimum atomic E-state index is -1.08. The number of rotatable bonds is 7. The van der Waals surface area contributed by atoms with Crippen LogP contribution in [0.2, 0.25) is 0 Å². The minimum absolute atomic E-state index is 0.123. The summed E-state index contributed by atoms with van der Waals surface area (Å²) in [7, 11) is 0. The van der Waals surface area contributed by atoms with E-state index < -0.39 is 17.6 Å². The first kappa shape index (κ1) is 23.6. The lowest BCUT2D eigenvalue weighted by Gasteiger charge is -2.09. The van der Waals surface area contributed by atoms with E-state index in [0.717, 1.165) is 10.5 Å². The molecule has 3 aromatic carbocycles. The van der Waals surface area contributed by atoms with Crippen molar-refractivity contribution in [3.05, 3.63) is 88.6 Å². The van der Waals surface area contributed by atoms with Crippen molar-refractivity contribution in [1.29, 1.82) is 0 Å². The van der Waals surface area contributed by atoms with Crippen molar-refractivity contribution in [1.82, 2.24) is 5.43 Å². The van der Waals surface area contributed by atoms with Crippen molar-refractivity contribution in [2.75, 3.05) is 17.2 Å². The molecular formula is C23H18BrFN4O4. The van der Waals surface area contributed by atoms with Crippen LogP contribution in [0.1, 0.15) is 5.56 Å². The normalized spacial score (nSPS) is 10.5. The van der Waals surface area contributed by atoms with Crippen LogP contribution in [0.25, 0.3) is 0 Å². The zero-order chi connectivity index (χ0) is 23.6. The van der Waals surface area contributed by atoms with E-state index in [-0.39, 0.29) is 18.2 Å². The maximum Gasteiger partial charge on any atom is 0.329 e. The second kappa shape index (κ2) is 11.5. The number of hydrogen-bond donors (Lipinski definition) is 3. The third kappa shape index (κ3) is 7.25. The molecule has 0 aliphatic rings. The van der Waals surface area contributed by atoms with Crippen LogP contribution in [-0.2, 0) is 14.4 Å². The molecule has 0 heterocycles. The van der Waals surface area contributed by atoms with Gasteiger partial charge >= 0.3 is 11.8 Å². The number of nitrogens with one attached hydrogen (secondary N) is 3. The van der Waals surface area contributed by atoms with Crippen molar-refractivity contribution in [2.24, 2.45) is 5.10 Å². The monoisotopic (exact) mass is 512 g/mol. The first-order valence-electron chi connectivity index (χ1n) is 9.58. The standard InChI is InChI=1S/C23H18BrFN4O4/c24-16-9-11-17(12-10-16)27-21(30)14-33-20-8-4-1-5-15(20)13-26-29-23(32)22(31)28-19-7-3-2-6-18(19)25/h1-13H,14H2,(H,27,30)(H,28,31)(H,29,32)/b26-13-. The molecule has 0 aliphatic carbocycles. The largest absolute Gasteiger partial charge is 0.483 e. The number of anilines is 2. The van der Waals surface area contributed by atoms with Crippen molar-refractivity contribution in [2.45, 2.75) is 0 Å². The highest BCUT2D eigenvalue weighted by Gasteiger charge is 2.14. The fraction of sp³-hybridized carbons (Fsp3) is 0.0435. The Kier molecular flexibility index (Phi) is 8.25. The van der Waals surface area contributed by atoms with Crippen LogP contribution in [0.5, 0.6) is 5.75 Å². The molecule has 3 rings (SSSR count). The number of amides is 3. The van der Waals surface area contributed by atoms with Gasteiger partial charge in [-0.25, -0.2) is 9.82 Å². The Morgan fingerprint density at radius 1 is 0.909 bits per heavy atom. The predicted molar refractivity (Wildman–Crippen MR) is 125 cm³/mol. The van der Waals surface area contributed by atoms with E-state index in [4.69, 9.17) is 4.74 Å². The number of halogens is 2. The van der Waals surface area contributed by atoms with Crippen LogP contribution in [0, 0.1) is 5.82 Å². The molecule has 0 bridgehead atoms. The van der Waals surface area contributed by atoms with E-state index in [1.54, 1.807) is 48.5 Å². The molecule has 0 radical (unpaired) electrons. The molecule has 0 atom stereocenters. The molecule has 0 spiro atoms. The van der Waals surface area contributed by atoms with Gasteiger partial charge < -0.3 is 15.4 Å². The van der Waals surface area contributed by atoms with Crippen molar-refractivity contribution in [3.63, 3.8) is 0 Å². The van der Waals surface area contributed by atoms with E-state index in [0.29, 0.717) is 17.0 Å². The summed E-state index contributed by atoms with van der Waals surface area (Å²) >= 11 is 3.32. The van der Waals surface area contributed by atoms with Crippen LogP contribution < -0.4 is 20.8 Å². The minimum Gasteiger partial charge on any atom is -0.483 e. The van der Waals surface area contributed by atoms with E-state index >= 15 is 0 Å². The van der Waals surface area contributed by atoms with Gasteiger partial charge in [0.25, 0.3) is 5.91 Å². The highest BCUT2D eigenvalue weighted by molar-refractivity contribution is 9.10. The number of ether oxygens (including phenoxy) is 1. The highest BCUT2D eigenvalue weighted by atomic mass is 79.9. The van der Waals surface area contributed by atoms with Gasteiger partial charge in [-0.05, 0) is 48.5 Å². The maximum absolute atomic E-state index is 13.6. The Balaban J connectivity index is 1.53. The molecule has 0 fully saturated rings. The summed E-state index contributed by atoms with van der Waals surface area (Å²) in [6, 6.07) is 19.2. The van der Waals surface area contributed by atoms with E-state index in [1.165, 1.54) is 24.4 Å². The molecular weight excluding hydrogens is 495 g/mol. The topological polar surface area (TPSA) is 109 Å². The Morgan fingerprint density at radius 3 is 2.36 bits per heavy atom. The van der Waals surface area contributed by atoms with E-state index in [9.17, 15) is 18.8 Å². The summed E-state index contributed by atoms with van der Waals surface area (Å²) in [5.41, 5.74) is 3.02. The molecule has 168 valence electrons. The first-order valence-corrected chi connectivity index (χ1v) is 10.4. The fourth-order valence-corrected chi connectivity index (χ4v) is 2.81. The first-order chi connectivity index (χ1) is 15.9. The summed E-state index contributed by atoms with van der Waals surface area (Å²) in [4.78, 5) is 35.9. The Bertz CT molecular complexity index is 1190. The van der Waals surface area contributed by atoms with Crippen molar-refractivity contribution in [3.8, 4) is 5.75 Å². The third-order valence-corrected chi connectivity index (χ3v) is 4.63. The Morgan fingerprint density at radius 2 is 1.61 bits per heavy atom. The van der Waals surface area contributed by atoms with Crippen LogP contribution in [0.4, 0.5) is 15.8 Å². The summed E-state index contributed by atoms with van der Waals surface area (Å²) in [5, 5.41) is 8.59. The molecule has 10 heteroatoms. The Labute approximate surface area is 197 Å². The number of carbonyl (C=O) groups is 3. The lowest BCUT2D eigenvalue weighted by Crippen LogP contribution is -2.32. The van der Waals surface area contributed by atoms with Crippen LogP contribution in [0.3, 0.4) is 0 Å². The quantitative estimate of drug-likeness (QED) is 0.254. The summed E-state index contributed by atoms with van der Waals surface area (Å²) < 4.78 is 20.0. The maximum atomic E-state index is 13.6. The van der Waals surface area contributed by atoms with Gasteiger partial charge in [0.1, 0.15) is 11.6 Å². The number of hydrogen-bond acceptors (Lipinski definition) is 5. The summed E-state index contributed by atoms with van der Waals surface area (Å²) in [6.07, 6.45) is 1.26. The third-order valence-electron chi connectivity index (χ3n) is 4.10. The SMILES string of the molecule is O=C(COc1ccccc1/C=N\NC(=O)C(=O)Nc1ccccc1F)Nc1ccc(Br)cc1. The van der Waals surface area contributed by atoms with E-state index in [1.807, 2.05) is 0 Å². The molecule has 3 aromatic rings. The molecule has 0 aromatic heterocycles. The van der Waals surface area contributed by atoms with Gasteiger partial charge in [-0.1, -0.05) is 40.2 Å². The molecule has 3 amide bonds. The van der Waals surface area contributed by atoms with Gasteiger partial charge in [0.05, 0.1) is 11.9 Å². The zero-order valence-electron chi connectivity index (χ0n) is 17.0. The number of hydrazone groups is 1. The molecule has 0 aliphatic heterocycles. The Hall–Kier alpha value is -4.05. The lowest BCUT2D eigenvalue weighted by atomic mass is 10.2. The van der Waals surface area contributed by atoms with Crippen LogP contribution >= 0.6 is 15.9 Å². The van der Waals surface area contributed by atoms with Crippen molar-refractivity contribution >= 4 is 51.2 Å². The zero-order valence-corrected chi connectivity index (χ0v) is 18.6. The molecule has 33 heavy (non-hydrogen) atoms. The number of para-hydroxylation sites is 2. The second-order valence-corrected chi connectivity index (χ2v) is 7.43. The van der Waals surface area contributed by atoms with Gasteiger partial charge in [0.15, 0.2) is 6.61 Å². The number of benzene rings is 3. The average molecular weight is 513 g/mol.